The van der Waals surface area contributed by atoms with Gasteiger partial charge < -0.3 is 20.5 Å². The maximum atomic E-state index is 12.0. The molecule has 2 rings (SSSR count). The summed E-state index contributed by atoms with van der Waals surface area (Å²) in [4.78, 5) is 27.3. The number of pyridine rings is 1. The third kappa shape index (κ3) is 5.81. The van der Waals surface area contributed by atoms with Crippen molar-refractivity contribution < 1.29 is 19.1 Å². The average Bonchev–Trinajstić information content (AvgIpc) is 2.61. The molecule has 1 aromatic heterocycles. The van der Waals surface area contributed by atoms with E-state index in [0.29, 0.717) is 18.8 Å². The van der Waals surface area contributed by atoms with Gasteiger partial charge in [-0.1, -0.05) is 0 Å². The van der Waals surface area contributed by atoms with E-state index >= 15 is 0 Å². The summed E-state index contributed by atoms with van der Waals surface area (Å²) in [5.41, 5.74) is 6.54. The van der Waals surface area contributed by atoms with Gasteiger partial charge in [-0.05, 0) is 56.3 Å². The molecule has 0 bridgehead atoms. The standard InChI is InChI=1S/C17H25N3O4/c1-23-15(21)4-3-13-10-14(17(18)20-11-13)24-16(22)5-2-12-6-8-19-9-7-12/h10-12,19H,2-9H2,1H3,(H2,18,20). The third-order valence-electron chi connectivity index (χ3n) is 4.22. The van der Waals surface area contributed by atoms with E-state index in [1.807, 2.05) is 0 Å². The molecule has 0 amide bonds. The number of piperidine rings is 1. The van der Waals surface area contributed by atoms with Gasteiger partial charge in [-0.2, -0.15) is 0 Å². The largest absolute Gasteiger partial charge is 0.469 e. The molecule has 132 valence electrons. The molecule has 1 fully saturated rings. The summed E-state index contributed by atoms with van der Waals surface area (Å²) in [6, 6.07) is 1.66. The molecule has 2 heterocycles. The second-order valence-electron chi connectivity index (χ2n) is 6.01. The lowest BCUT2D eigenvalue weighted by Crippen LogP contribution is -2.28. The van der Waals surface area contributed by atoms with Gasteiger partial charge in [0.1, 0.15) is 0 Å². The van der Waals surface area contributed by atoms with Crippen molar-refractivity contribution in [2.24, 2.45) is 5.92 Å². The number of esters is 2. The Labute approximate surface area is 141 Å². The lowest BCUT2D eigenvalue weighted by atomic mass is 9.93. The van der Waals surface area contributed by atoms with E-state index in [2.05, 4.69) is 15.0 Å². The number of carbonyl (C=O) groups excluding carboxylic acids is 2. The second-order valence-corrected chi connectivity index (χ2v) is 6.01. The number of nitrogens with two attached hydrogens (primary N) is 1. The lowest BCUT2D eigenvalue weighted by Gasteiger charge is -2.21. The number of hydrogen-bond donors (Lipinski definition) is 2. The Kier molecular flexibility index (Phi) is 6.99. The van der Waals surface area contributed by atoms with Crippen LogP contribution >= 0.6 is 0 Å². The molecular formula is C17H25N3O4. The normalized spacial score (nSPS) is 15.0. The van der Waals surface area contributed by atoms with Gasteiger partial charge >= 0.3 is 11.9 Å². The van der Waals surface area contributed by atoms with Crippen molar-refractivity contribution in [2.45, 2.75) is 38.5 Å². The van der Waals surface area contributed by atoms with Gasteiger partial charge in [-0.15, -0.1) is 0 Å². The summed E-state index contributed by atoms with van der Waals surface area (Å²) in [5.74, 6) is 0.403. The number of aromatic nitrogens is 1. The molecule has 1 aliphatic rings. The molecule has 7 nitrogen and oxygen atoms in total. The number of nitrogens with zero attached hydrogens (tertiary/aromatic N) is 1. The molecule has 0 aliphatic carbocycles. The predicted octanol–water partition coefficient (Wildman–Crippen LogP) is 1.45. The van der Waals surface area contributed by atoms with Crippen molar-refractivity contribution in [3.8, 4) is 5.75 Å². The highest BCUT2D eigenvalue weighted by Gasteiger charge is 2.16. The van der Waals surface area contributed by atoms with Crippen LogP contribution < -0.4 is 15.8 Å². The number of nitrogen functional groups attached to an aromatic ring is 1. The van der Waals surface area contributed by atoms with Crippen molar-refractivity contribution in [3.05, 3.63) is 17.8 Å². The van der Waals surface area contributed by atoms with E-state index in [9.17, 15) is 9.59 Å². The van der Waals surface area contributed by atoms with Gasteiger partial charge in [0.25, 0.3) is 0 Å². The van der Waals surface area contributed by atoms with Gasteiger partial charge in [-0.3, -0.25) is 9.59 Å². The van der Waals surface area contributed by atoms with Crippen LogP contribution in [0, 0.1) is 5.92 Å². The first-order valence-electron chi connectivity index (χ1n) is 8.31. The molecule has 0 atom stereocenters. The predicted molar refractivity (Wildman–Crippen MR) is 89.4 cm³/mol. The molecule has 0 radical (unpaired) electrons. The molecule has 24 heavy (non-hydrogen) atoms. The number of hydrogen-bond acceptors (Lipinski definition) is 7. The highest BCUT2D eigenvalue weighted by Crippen LogP contribution is 2.23. The van der Waals surface area contributed by atoms with E-state index in [-0.39, 0.29) is 29.9 Å². The van der Waals surface area contributed by atoms with Crippen LogP contribution in [-0.4, -0.2) is 37.1 Å². The minimum atomic E-state index is -0.299. The molecule has 1 saturated heterocycles. The monoisotopic (exact) mass is 335 g/mol. The van der Waals surface area contributed by atoms with E-state index in [1.165, 1.54) is 7.11 Å². The van der Waals surface area contributed by atoms with Gasteiger partial charge in [0.15, 0.2) is 11.6 Å². The van der Waals surface area contributed by atoms with E-state index in [1.54, 1.807) is 12.3 Å². The molecule has 3 N–H and O–H groups in total. The molecule has 1 aromatic rings. The van der Waals surface area contributed by atoms with E-state index < -0.39 is 0 Å². The summed E-state index contributed by atoms with van der Waals surface area (Å²) in [6.45, 7) is 2.03. The zero-order valence-electron chi connectivity index (χ0n) is 14.0. The number of methoxy groups -OCH3 is 1. The molecule has 1 aliphatic heterocycles. The quantitative estimate of drug-likeness (QED) is 0.727. The Morgan fingerprint density at radius 2 is 2.04 bits per heavy atom. The first-order valence-corrected chi connectivity index (χ1v) is 8.31. The number of rotatable bonds is 7. The molecule has 0 spiro atoms. The van der Waals surface area contributed by atoms with Crippen LogP contribution in [0.4, 0.5) is 5.82 Å². The number of carbonyl (C=O) groups is 2. The van der Waals surface area contributed by atoms with Crippen LogP contribution in [0.2, 0.25) is 0 Å². The lowest BCUT2D eigenvalue weighted by molar-refractivity contribution is -0.140. The van der Waals surface area contributed by atoms with Gasteiger partial charge in [0, 0.05) is 19.0 Å². The van der Waals surface area contributed by atoms with Gasteiger partial charge in [0.2, 0.25) is 0 Å². The Balaban J connectivity index is 1.85. The SMILES string of the molecule is COC(=O)CCc1cnc(N)c(OC(=O)CCC2CCNCC2)c1. The maximum absolute atomic E-state index is 12.0. The average molecular weight is 335 g/mol. The first-order chi connectivity index (χ1) is 11.6. The van der Waals surface area contributed by atoms with Crippen molar-refractivity contribution in [1.82, 2.24) is 10.3 Å². The minimum absolute atomic E-state index is 0.173. The first kappa shape index (κ1) is 18.2. The number of ether oxygens (including phenoxy) is 2. The van der Waals surface area contributed by atoms with Crippen molar-refractivity contribution in [1.29, 1.82) is 0 Å². The minimum Gasteiger partial charge on any atom is -0.469 e. The zero-order valence-corrected chi connectivity index (χ0v) is 14.0. The van der Waals surface area contributed by atoms with E-state index in [4.69, 9.17) is 10.5 Å². The van der Waals surface area contributed by atoms with Gasteiger partial charge in [0.05, 0.1) is 7.11 Å². The smallest absolute Gasteiger partial charge is 0.311 e. The number of nitrogens with one attached hydrogen (secondary N) is 1. The summed E-state index contributed by atoms with van der Waals surface area (Å²) in [5, 5.41) is 3.31. The van der Waals surface area contributed by atoms with Crippen LogP contribution in [0.1, 0.15) is 37.7 Å². The Morgan fingerprint density at radius 1 is 1.29 bits per heavy atom. The highest BCUT2D eigenvalue weighted by molar-refractivity contribution is 5.74. The fraction of sp³-hybridized carbons (Fsp3) is 0.588. The molecule has 0 aromatic carbocycles. The molecular weight excluding hydrogens is 310 g/mol. The van der Waals surface area contributed by atoms with E-state index in [0.717, 1.165) is 37.9 Å². The highest BCUT2D eigenvalue weighted by atomic mass is 16.5. The van der Waals surface area contributed by atoms with Crippen LogP contribution in [0.3, 0.4) is 0 Å². The summed E-state index contributed by atoms with van der Waals surface area (Å²) in [7, 11) is 1.35. The van der Waals surface area contributed by atoms with Crippen LogP contribution in [0.25, 0.3) is 0 Å². The fourth-order valence-corrected chi connectivity index (χ4v) is 2.73. The second kappa shape index (κ2) is 9.22. The molecule has 7 heteroatoms. The van der Waals surface area contributed by atoms with Crippen LogP contribution in [-0.2, 0) is 20.7 Å². The Hall–Kier alpha value is -2.15. The maximum Gasteiger partial charge on any atom is 0.311 e. The van der Waals surface area contributed by atoms with Crippen molar-refractivity contribution >= 4 is 17.8 Å². The Bertz CT molecular complexity index is 571. The Morgan fingerprint density at radius 3 is 2.75 bits per heavy atom. The summed E-state index contributed by atoms with van der Waals surface area (Å²) in [6.07, 6.45) is 5.67. The number of anilines is 1. The third-order valence-corrected chi connectivity index (χ3v) is 4.22. The van der Waals surface area contributed by atoms with Gasteiger partial charge in [-0.25, -0.2) is 4.98 Å². The molecule has 0 unspecified atom stereocenters. The zero-order chi connectivity index (χ0) is 17.4. The fourth-order valence-electron chi connectivity index (χ4n) is 2.73. The summed E-state index contributed by atoms with van der Waals surface area (Å²) < 4.78 is 9.96. The van der Waals surface area contributed by atoms with Crippen molar-refractivity contribution in [3.63, 3.8) is 0 Å². The summed E-state index contributed by atoms with van der Waals surface area (Å²) >= 11 is 0. The van der Waals surface area contributed by atoms with Crippen molar-refractivity contribution in [2.75, 3.05) is 25.9 Å². The van der Waals surface area contributed by atoms with Crippen LogP contribution in [0.15, 0.2) is 12.3 Å². The number of aryl methyl sites for hydroxylation is 1. The van der Waals surface area contributed by atoms with Crippen LogP contribution in [0.5, 0.6) is 5.75 Å². The topological polar surface area (TPSA) is 104 Å². The molecule has 0 saturated carbocycles.